The van der Waals surface area contributed by atoms with Gasteiger partial charge in [0, 0.05) is 57.5 Å². The Morgan fingerprint density at radius 3 is 2.85 bits per heavy atom. The fourth-order valence-electron chi connectivity index (χ4n) is 3.35. The number of pyridine rings is 1. The number of aromatic nitrogens is 1. The number of rotatable bonds is 9. The summed E-state index contributed by atoms with van der Waals surface area (Å²) in [6.07, 6.45) is 3.48. The summed E-state index contributed by atoms with van der Waals surface area (Å²) in [5.41, 5.74) is 3.15. The van der Waals surface area contributed by atoms with Gasteiger partial charge in [-0.15, -0.1) is 24.0 Å². The number of amides is 1. The Morgan fingerprint density at radius 2 is 2.15 bits per heavy atom. The molecule has 0 radical (unpaired) electrons. The zero-order valence-electron chi connectivity index (χ0n) is 19.5. The van der Waals surface area contributed by atoms with E-state index in [4.69, 9.17) is 9.47 Å². The van der Waals surface area contributed by atoms with Crippen molar-refractivity contribution in [3.8, 4) is 5.75 Å². The first-order valence-corrected chi connectivity index (χ1v) is 11.0. The van der Waals surface area contributed by atoms with Crippen molar-refractivity contribution in [1.82, 2.24) is 20.5 Å². The maximum absolute atomic E-state index is 12.5. The number of ether oxygens (including phenoxy) is 2. The van der Waals surface area contributed by atoms with Gasteiger partial charge in [-0.05, 0) is 30.7 Å². The van der Waals surface area contributed by atoms with Crippen molar-refractivity contribution in [2.75, 3.05) is 40.4 Å². The lowest BCUT2D eigenvalue weighted by molar-refractivity contribution is -0.128. The third-order valence-electron chi connectivity index (χ3n) is 5.34. The molecule has 1 aliphatic rings. The first kappa shape index (κ1) is 26.8. The van der Waals surface area contributed by atoms with E-state index in [-0.39, 0.29) is 42.5 Å². The second kappa shape index (κ2) is 14.0. The molecule has 1 aliphatic heterocycles. The monoisotopic (exact) mass is 567 g/mol. The van der Waals surface area contributed by atoms with E-state index in [0.29, 0.717) is 25.7 Å². The van der Waals surface area contributed by atoms with E-state index in [2.05, 4.69) is 32.7 Å². The Balaban J connectivity index is 0.00000385. The Hall–Kier alpha value is -2.40. The van der Waals surface area contributed by atoms with Crippen LogP contribution in [0.1, 0.15) is 23.2 Å². The molecule has 1 atom stereocenters. The smallest absolute Gasteiger partial charge is 0.241 e. The number of hydrogen-bond acceptors (Lipinski definition) is 5. The van der Waals surface area contributed by atoms with Crippen LogP contribution in [0.4, 0.5) is 0 Å². The van der Waals surface area contributed by atoms with E-state index >= 15 is 0 Å². The third kappa shape index (κ3) is 8.81. The Kier molecular flexibility index (Phi) is 11.4. The number of halogens is 1. The molecular weight excluding hydrogens is 533 g/mol. The molecule has 3 rings (SSSR count). The summed E-state index contributed by atoms with van der Waals surface area (Å²) in [4.78, 5) is 22.7. The molecule has 0 spiro atoms. The minimum atomic E-state index is -0.00975. The number of aryl methyl sites for hydroxylation is 1. The van der Waals surface area contributed by atoms with Crippen molar-refractivity contribution in [3.63, 3.8) is 0 Å². The molecule has 1 fully saturated rings. The fraction of sp³-hybridized carbons (Fsp3) is 0.458. The van der Waals surface area contributed by atoms with Gasteiger partial charge in [0.05, 0.1) is 19.8 Å². The van der Waals surface area contributed by atoms with E-state index in [1.165, 1.54) is 0 Å². The average molecular weight is 567 g/mol. The highest BCUT2D eigenvalue weighted by molar-refractivity contribution is 14.0. The summed E-state index contributed by atoms with van der Waals surface area (Å²) in [7, 11) is 3.48. The van der Waals surface area contributed by atoms with Gasteiger partial charge in [0.2, 0.25) is 5.91 Å². The average Bonchev–Trinajstić information content (AvgIpc) is 3.32. The van der Waals surface area contributed by atoms with Crippen molar-refractivity contribution in [3.05, 3.63) is 59.4 Å². The minimum absolute atomic E-state index is 0. The van der Waals surface area contributed by atoms with Crippen molar-refractivity contribution in [2.45, 2.75) is 32.4 Å². The number of hydrogen-bond donors (Lipinski definition) is 2. The molecule has 0 bridgehead atoms. The maximum atomic E-state index is 12.5. The van der Waals surface area contributed by atoms with E-state index < -0.39 is 0 Å². The Labute approximate surface area is 213 Å². The number of nitrogens with one attached hydrogen (secondary N) is 2. The largest absolute Gasteiger partial charge is 0.488 e. The zero-order valence-corrected chi connectivity index (χ0v) is 21.9. The normalized spacial score (nSPS) is 15.5. The molecule has 1 aromatic carbocycles. The SMILES string of the molecule is CN=C(NCC(=O)N(C)CCc1ccccn1)NCc1ccc(C)cc1OC1CCOC1.I. The lowest BCUT2D eigenvalue weighted by atomic mass is 10.1. The Morgan fingerprint density at radius 1 is 1.30 bits per heavy atom. The van der Waals surface area contributed by atoms with Crippen molar-refractivity contribution < 1.29 is 14.3 Å². The topological polar surface area (TPSA) is 88.1 Å². The molecule has 2 heterocycles. The lowest BCUT2D eigenvalue weighted by Gasteiger charge is -2.19. The summed E-state index contributed by atoms with van der Waals surface area (Å²) >= 11 is 0. The van der Waals surface area contributed by atoms with Gasteiger partial charge in [-0.3, -0.25) is 14.8 Å². The highest BCUT2D eigenvalue weighted by Gasteiger charge is 2.19. The standard InChI is InChI=1S/C24H33N5O3.HI/c1-18-7-8-19(22(14-18)32-21-10-13-31-17-21)15-27-24(25-2)28-16-23(30)29(3)12-9-20-6-4-5-11-26-20;/h4-8,11,14,21H,9-10,12-13,15-17H2,1-3H3,(H2,25,27,28);1H. The number of guanidine groups is 1. The number of carbonyl (C=O) groups excluding carboxylic acids is 1. The number of carbonyl (C=O) groups is 1. The minimum Gasteiger partial charge on any atom is -0.488 e. The van der Waals surface area contributed by atoms with Crippen LogP contribution in [0.5, 0.6) is 5.75 Å². The van der Waals surface area contributed by atoms with Crippen LogP contribution in [0.25, 0.3) is 0 Å². The van der Waals surface area contributed by atoms with Crippen LogP contribution in [0.15, 0.2) is 47.6 Å². The first-order valence-electron chi connectivity index (χ1n) is 11.0. The molecule has 33 heavy (non-hydrogen) atoms. The highest BCUT2D eigenvalue weighted by Crippen LogP contribution is 2.23. The van der Waals surface area contributed by atoms with Gasteiger partial charge in [-0.2, -0.15) is 0 Å². The van der Waals surface area contributed by atoms with Gasteiger partial charge in [0.15, 0.2) is 5.96 Å². The Bertz CT molecular complexity index is 904. The van der Waals surface area contributed by atoms with E-state index in [9.17, 15) is 4.79 Å². The van der Waals surface area contributed by atoms with Gasteiger partial charge < -0.3 is 25.0 Å². The highest BCUT2D eigenvalue weighted by atomic mass is 127. The van der Waals surface area contributed by atoms with Crippen LogP contribution >= 0.6 is 24.0 Å². The molecule has 0 aliphatic carbocycles. The van der Waals surface area contributed by atoms with E-state index in [0.717, 1.165) is 42.0 Å². The number of likely N-dealkylation sites (N-methyl/N-ethyl adjacent to an activating group) is 1. The molecule has 9 heteroatoms. The van der Waals surface area contributed by atoms with Crippen LogP contribution in [0.2, 0.25) is 0 Å². The summed E-state index contributed by atoms with van der Waals surface area (Å²) in [6.45, 7) is 4.72. The van der Waals surface area contributed by atoms with Gasteiger partial charge in [0.1, 0.15) is 11.9 Å². The predicted octanol–water partition coefficient (Wildman–Crippen LogP) is 2.54. The number of aliphatic imine (C=N–C) groups is 1. The summed E-state index contributed by atoms with van der Waals surface area (Å²) in [5, 5.41) is 6.36. The summed E-state index contributed by atoms with van der Waals surface area (Å²) in [6, 6.07) is 12.0. The molecule has 1 amide bonds. The van der Waals surface area contributed by atoms with Crippen LogP contribution in [-0.2, 0) is 22.5 Å². The van der Waals surface area contributed by atoms with Crippen LogP contribution in [-0.4, -0.2) is 68.3 Å². The molecular formula is C24H34IN5O3. The number of benzene rings is 1. The quantitative estimate of drug-likeness (QED) is 0.275. The van der Waals surface area contributed by atoms with E-state index in [1.54, 1.807) is 25.2 Å². The van der Waals surface area contributed by atoms with Crippen LogP contribution < -0.4 is 15.4 Å². The summed E-state index contributed by atoms with van der Waals surface area (Å²) in [5.74, 6) is 1.41. The first-order chi connectivity index (χ1) is 15.5. The molecule has 2 aromatic rings. The lowest BCUT2D eigenvalue weighted by Crippen LogP contribution is -2.43. The van der Waals surface area contributed by atoms with Crippen LogP contribution in [0, 0.1) is 6.92 Å². The molecule has 1 saturated heterocycles. The van der Waals surface area contributed by atoms with Crippen molar-refractivity contribution in [1.29, 1.82) is 0 Å². The van der Waals surface area contributed by atoms with E-state index in [1.807, 2.05) is 31.2 Å². The molecule has 2 N–H and O–H groups in total. The van der Waals surface area contributed by atoms with Gasteiger partial charge in [0.25, 0.3) is 0 Å². The van der Waals surface area contributed by atoms with Gasteiger partial charge >= 0.3 is 0 Å². The molecule has 0 saturated carbocycles. The number of nitrogens with zero attached hydrogens (tertiary/aromatic N) is 3. The molecule has 1 aromatic heterocycles. The third-order valence-corrected chi connectivity index (χ3v) is 5.34. The molecule has 180 valence electrons. The van der Waals surface area contributed by atoms with Gasteiger partial charge in [-0.1, -0.05) is 18.2 Å². The molecule has 8 nitrogen and oxygen atoms in total. The fourth-order valence-corrected chi connectivity index (χ4v) is 3.35. The van der Waals surface area contributed by atoms with Crippen molar-refractivity contribution in [2.24, 2.45) is 4.99 Å². The summed E-state index contributed by atoms with van der Waals surface area (Å²) < 4.78 is 11.6. The van der Waals surface area contributed by atoms with Gasteiger partial charge in [-0.25, -0.2) is 0 Å². The predicted molar refractivity (Wildman–Crippen MR) is 140 cm³/mol. The second-order valence-corrected chi connectivity index (χ2v) is 7.88. The molecule has 1 unspecified atom stereocenters. The zero-order chi connectivity index (χ0) is 22.8. The maximum Gasteiger partial charge on any atom is 0.241 e. The second-order valence-electron chi connectivity index (χ2n) is 7.88. The van der Waals surface area contributed by atoms with Crippen molar-refractivity contribution >= 4 is 35.8 Å². The van der Waals surface area contributed by atoms with Crippen LogP contribution in [0.3, 0.4) is 0 Å².